The van der Waals surface area contributed by atoms with Crippen LogP contribution >= 0.6 is 0 Å². The van der Waals surface area contributed by atoms with Gasteiger partial charge in [-0.25, -0.2) is 9.78 Å². The Morgan fingerprint density at radius 3 is 2.68 bits per heavy atom. The highest BCUT2D eigenvalue weighted by Crippen LogP contribution is 2.35. The second-order valence-electron chi connectivity index (χ2n) is 8.02. The first-order valence-electron chi connectivity index (χ1n) is 10.5. The summed E-state index contributed by atoms with van der Waals surface area (Å²) in [7, 11) is 0. The lowest BCUT2D eigenvalue weighted by Gasteiger charge is -2.15. The zero-order chi connectivity index (χ0) is 23.9. The molecule has 0 fully saturated rings. The van der Waals surface area contributed by atoms with Crippen LogP contribution in [0, 0.1) is 6.92 Å². The molecule has 0 unspecified atom stereocenters. The molecule has 3 N–H and O–H groups in total. The van der Waals surface area contributed by atoms with E-state index in [4.69, 9.17) is 0 Å². The minimum absolute atomic E-state index is 0.289. The Morgan fingerprint density at radius 2 is 1.85 bits per heavy atom. The number of nitrogens with one attached hydrogen (secondary N) is 3. The first-order chi connectivity index (χ1) is 16.3. The molecule has 2 amide bonds. The van der Waals surface area contributed by atoms with Crippen LogP contribution in [0.3, 0.4) is 0 Å². The summed E-state index contributed by atoms with van der Waals surface area (Å²) < 4.78 is 42.1. The summed E-state index contributed by atoms with van der Waals surface area (Å²) in [5, 5.41) is 6.83. The highest BCUT2D eigenvalue weighted by Gasteiger charge is 2.33. The van der Waals surface area contributed by atoms with Crippen LogP contribution in [0.4, 0.5) is 29.3 Å². The molecule has 5 aromatic rings. The molecule has 3 aromatic heterocycles. The summed E-state index contributed by atoms with van der Waals surface area (Å²) in [5.41, 5.74) is 2.67. The Hall–Kier alpha value is -4.27. The molecule has 5 rings (SSSR count). The van der Waals surface area contributed by atoms with Crippen LogP contribution in [-0.4, -0.2) is 20.6 Å². The van der Waals surface area contributed by atoms with Gasteiger partial charge in [-0.05, 0) is 60.5 Å². The van der Waals surface area contributed by atoms with Gasteiger partial charge in [-0.15, -0.1) is 0 Å². The number of H-pyrrole nitrogens is 1. The number of anilines is 2. The van der Waals surface area contributed by atoms with E-state index in [-0.39, 0.29) is 5.69 Å². The summed E-state index contributed by atoms with van der Waals surface area (Å²) in [6, 6.07) is 14.0. The number of hydrogen-bond donors (Lipinski definition) is 3. The van der Waals surface area contributed by atoms with Gasteiger partial charge in [0.25, 0.3) is 0 Å². The number of alkyl halides is 3. The molecule has 3 heterocycles. The van der Waals surface area contributed by atoms with Gasteiger partial charge in [-0.2, -0.15) is 13.2 Å². The molecule has 0 saturated heterocycles. The highest BCUT2D eigenvalue weighted by molar-refractivity contribution is 6.06. The molecule has 0 spiro atoms. The smallest absolute Gasteiger partial charge is 0.346 e. The number of aromatic amines is 1. The Kier molecular flexibility index (Phi) is 5.24. The summed E-state index contributed by atoms with van der Waals surface area (Å²) in [6.07, 6.45) is 0.973. The maximum atomic E-state index is 13.3. The number of nitrogens with zero attached hydrogens (tertiary/aromatic N) is 2. The van der Waals surface area contributed by atoms with Gasteiger partial charge in [0.1, 0.15) is 5.65 Å². The summed E-state index contributed by atoms with van der Waals surface area (Å²) in [5.74, 6) is 0. The van der Waals surface area contributed by atoms with E-state index in [0.29, 0.717) is 17.8 Å². The van der Waals surface area contributed by atoms with E-state index in [1.165, 1.54) is 12.1 Å². The number of carbonyl (C=O) groups is 1. The van der Waals surface area contributed by atoms with Gasteiger partial charge in [-0.3, -0.25) is 0 Å². The molecule has 34 heavy (non-hydrogen) atoms. The largest absolute Gasteiger partial charge is 0.418 e. The molecule has 172 valence electrons. The van der Waals surface area contributed by atoms with Crippen molar-refractivity contribution in [3.05, 3.63) is 89.9 Å². The summed E-state index contributed by atoms with van der Waals surface area (Å²) in [6.45, 7) is 2.25. The molecule has 6 nitrogen and oxygen atoms in total. The Balaban J connectivity index is 1.40. The van der Waals surface area contributed by atoms with Crippen LogP contribution in [0.15, 0.2) is 73.2 Å². The van der Waals surface area contributed by atoms with Gasteiger partial charge < -0.3 is 20.2 Å². The van der Waals surface area contributed by atoms with E-state index in [1.54, 1.807) is 25.3 Å². The number of aromatic nitrogens is 3. The number of hydrogen-bond acceptors (Lipinski definition) is 2. The van der Waals surface area contributed by atoms with Gasteiger partial charge >= 0.3 is 12.2 Å². The van der Waals surface area contributed by atoms with E-state index in [2.05, 4.69) is 20.6 Å². The Morgan fingerprint density at radius 1 is 1.03 bits per heavy atom. The average Bonchev–Trinajstić information content (AvgIpc) is 3.38. The minimum Gasteiger partial charge on any atom is -0.346 e. The second-order valence-corrected chi connectivity index (χ2v) is 8.02. The number of carbonyl (C=O) groups excluding carboxylic acids is 1. The van der Waals surface area contributed by atoms with Crippen LogP contribution in [0.2, 0.25) is 0 Å². The quantitative estimate of drug-likeness (QED) is 0.283. The van der Waals surface area contributed by atoms with E-state index >= 15 is 0 Å². The highest BCUT2D eigenvalue weighted by atomic mass is 19.4. The van der Waals surface area contributed by atoms with Crippen molar-refractivity contribution in [2.45, 2.75) is 19.6 Å². The molecule has 2 aromatic carbocycles. The first-order valence-corrected chi connectivity index (χ1v) is 10.5. The molecule has 0 radical (unpaired) electrons. The molecular formula is C25H20F3N5O. The van der Waals surface area contributed by atoms with Gasteiger partial charge in [0.05, 0.1) is 22.5 Å². The van der Waals surface area contributed by atoms with Crippen LogP contribution in [0.25, 0.3) is 21.9 Å². The zero-order valence-electron chi connectivity index (χ0n) is 18.1. The molecule has 9 heteroatoms. The lowest BCUT2D eigenvalue weighted by atomic mass is 10.1. The standard InChI is InChI=1S/C25H20F3N5O/c1-15-7-8-19(25(26,27)28)21(12-15)32-24(34)31-20-5-2-6-22-18(20)9-11-33(22)14-16-13-30-23-17(16)4-3-10-29-23/h2-13H,14H2,1H3,(H,29,30)(H2,31,32,34). The third-order valence-electron chi connectivity index (χ3n) is 5.67. The Bertz CT molecular complexity index is 1520. The monoisotopic (exact) mass is 463 g/mol. The number of amides is 2. The first kappa shape index (κ1) is 21.6. The van der Waals surface area contributed by atoms with E-state index < -0.39 is 17.8 Å². The van der Waals surface area contributed by atoms with Crippen LogP contribution < -0.4 is 10.6 Å². The van der Waals surface area contributed by atoms with Crippen molar-refractivity contribution >= 4 is 39.3 Å². The predicted molar refractivity (Wildman–Crippen MR) is 126 cm³/mol. The lowest BCUT2D eigenvalue weighted by Crippen LogP contribution is -2.22. The molecule has 0 atom stereocenters. The number of pyridine rings is 1. The number of fused-ring (bicyclic) bond motifs is 2. The molecule has 0 aliphatic carbocycles. The molecule has 0 aliphatic rings. The van der Waals surface area contributed by atoms with Crippen molar-refractivity contribution in [2.24, 2.45) is 0 Å². The van der Waals surface area contributed by atoms with Gasteiger partial charge in [0.2, 0.25) is 0 Å². The molecule has 0 aliphatic heterocycles. The molecule has 0 saturated carbocycles. The summed E-state index contributed by atoms with van der Waals surface area (Å²) in [4.78, 5) is 20.1. The number of aryl methyl sites for hydroxylation is 1. The number of urea groups is 1. The fourth-order valence-corrected chi connectivity index (χ4v) is 4.08. The van der Waals surface area contributed by atoms with Gasteiger partial charge in [-0.1, -0.05) is 12.1 Å². The molecular weight excluding hydrogens is 443 g/mol. The van der Waals surface area contributed by atoms with Crippen LogP contribution in [0.5, 0.6) is 0 Å². The number of halogens is 3. The number of rotatable bonds is 4. The van der Waals surface area contributed by atoms with E-state index in [9.17, 15) is 18.0 Å². The minimum atomic E-state index is -4.58. The maximum Gasteiger partial charge on any atom is 0.418 e. The van der Waals surface area contributed by atoms with Crippen molar-refractivity contribution < 1.29 is 18.0 Å². The van der Waals surface area contributed by atoms with Gasteiger partial charge in [0.15, 0.2) is 0 Å². The van der Waals surface area contributed by atoms with Crippen LogP contribution in [-0.2, 0) is 12.7 Å². The second kappa shape index (κ2) is 8.26. The SMILES string of the molecule is Cc1ccc(C(F)(F)F)c(NC(=O)Nc2cccc3c2ccn3Cc2c[nH]c3ncccc23)c1. The fraction of sp³-hybridized carbons (Fsp3) is 0.120. The van der Waals surface area contributed by atoms with Crippen molar-refractivity contribution in [1.82, 2.24) is 14.5 Å². The van der Waals surface area contributed by atoms with Crippen molar-refractivity contribution in [1.29, 1.82) is 0 Å². The maximum absolute atomic E-state index is 13.3. The topological polar surface area (TPSA) is 74.7 Å². The number of benzene rings is 2. The van der Waals surface area contributed by atoms with E-state index in [1.807, 2.05) is 41.2 Å². The normalized spacial score (nSPS) is 11.8. The lowest BCUT2D eigenvalue weighted by molar-refractivity contribution is -0.136. The third kappa shape index (κ3) is 4.07. The van der Waals surface area contributed by atoms with Crippen molar-refractivity contribution in [3.63, 3.8) is 0 Å². The summed E-state index contributed by atoms with van der Waals surface area (Å²) >= 11 is 0. The van der Waals surface area contributed by atoms with Crippen LogP contribution in [0.1, 0.15) is 16.7 Å². The van der Waals surface area contributed by atoms with Crippen molar-refractivity contribution in [3.8, 4) is 0 Å². The zero-order valence-corrected chi connectivity index (χ0v) is 18.1. The van der Waals surface area contributed by atoms with Crippen molar-refractivity contribution in [2.75, 3.05) is 10.6 Å². The fourth-order valence-electron chi connectivity index (χ4n) is 4.08. The predicted octanol–water partition coefficient (Wildman–Crippen LogP) is 6.54. The Labute approximate surface area is 192 Å². The third-order valence-corrected chi connectivity index (χ3v) is 5.67. The van der Waals surface area contributed by atoms with E-state index in [0.717, 1.165) is 33.6 Å². The molecule has 0 bridgehead atoms. The van der Waals surface area contributed by atoms with Gasteiger partial charge in [0, 0.05) is 35.9 Å². The average molecular weight is 463 g/mol.